The Morgan fingerprint density at radius 3 is 2.67 bits per heavy atom. The van der Waals surface area contributed by atoms with Gasteiger partial charge in [0.25, 0.3) is 0 Å². The summed E-state index contributed by atoms with van der Waals surface area (Å²) in [6.45, 7) is 8.43. The van der Waals surface area contributed by atoms with E-state index in [4.69, 9.17) is 4.74 Å². The predicted molar refractivity (Wildman–Crippen MR) is 72.9 cm³/mol. The summed E-state index contributed by atoms with van der Waals surface area (Å²) in [5.41, 5.74) is 1.43. The molecule has 1 N–H and O–H groups in total. The summed E-state index contributed by atoms with van der Waals surface area (Å²) in [5, 5.41) is 9.86. The smallest absolute Gasteiger partial charge is 0.178 e. The van der Waals surface area contributed by atoms with Gasteiger partial charge in [-0.05, 0) is 32.3 Å². The second kappa shape index (κ2) is 4.73. The van der Waals surface area contributed by atoms with Crippen molar-refractivity contribution in [2.45, 2.75) is 45.9 Å². The third kappa shape index (κ3) is 2.41. The van der Waals surface area contributed by atoms with Crippen LogP contribution >= 0.6 is 0 Å². The van der Waals surface area contributed by atoms with Crippen molar-refractivity contribution in [3.05, 3.63) is 29.8 Å². The third-order valence-corrected chi connectivity index (χ3v) is 3.45. The van der Waals surface area contributed by atoms with E-state index >= 15 is 0 Å². The number of rotatable bonds is 3. The summed E-state index contributed by atoms with van der Waals surface area (Å²) in [6.07, 6.45) is 0.557. The number of hydrogen-bond acceptors (Lipinski definition) is 3. The number of benzene rings is 1. The summed E-state index contributed by atoms with van der Waals surface area (Å²) in [7, 11) is 0. The largest absolute Gasteiger partial charge is 0.507 e. The molecule has 98 valence electrons. The standard InChI is InChI=1S/C15H21NO2/c1-10(2)9-15(4)11(3)16-14(18-15)12-7-5-6-8-13(12)17/h5-8,10,14,17H,9H2,1-4H3. The SMILES string of the molecule is CC1=NC(c2ccccc2O)OC1(C)CC(C)C. The quantitative estimate of drug-likeness (QED) is 0.885. The Morgan fingerprint density at radius 2 is 2.06 bits per heavy atom. The molecular weight excluding hydrogens is 226 g/mol. The van der Waals surface area contributed by atoms with Crippen LogP contribution in [0.1, 0.15) is 45.9 Å². The van der Waals surface area contributed by atoms with Gasteiger partial charge in [-0.25, -0.2) is 0 Å². The lowest BCUT2D eigenvalue weighted by Gasteiger charge is -2.27. The molecule has 1 aromatic rings. The minimum Gasteiger partial charge on any atom is -0.507 e. The molecule has 0 spiro atoms. The first kappa shape index (κ1) is 13.1. The minimum absolute atomic E-state index is 0.243. The molecular formula is C15H21NO2. The van der Waals surface area contributed by atoms with Crippen LogP contribution in [-0.2, 0) is 4.74 Å². The second-order valence-electron chi connectivity index (χ2n) is 5.57. The Bertz CT molecular complexity index is 467. The minimum atomic E-state index is -0.380. The van der Waals surface area contributed by atoms with Crippen molar-refractivity contribution in [1.29, 1.82) is 0 Å². The maximum atomic E-state index is 9.86. The zero-order valence-electron chi connectivity index (χ0n) is 11.5. The van der Waals surface area contributed by atoms with Crippen molar-refractivity contribution in [3.8, 4) is 5.75 Å². The van der Waals surface area contributed by atoms with Crippen molar-refractivity contribution >= 4 is 5.71 Å². The number of para-hydroxylation sites is 1. The molecule has 3 heteroatoms. The topological polar surface area (TPSA) is 41.8 Å². The average Bonchev–Trinajstić information content (AvgIpc) is 2.54. The van der Waals surface area contributed by atoms with E-state index in [1.54, 1.807) is 12.1 Å². The van der Waals surface area contributed by atoms with Crippen LogP contribution in [0.2, 0.25) is 0 Å². The molecule has 0 aromatic heterocycles. The lowest BCUT2D eigenvalue weighted by Crippen LogP contribution is -2.34. The van der Waals surface area contributed by atoms with Gasteiger partial charge in [0, 0.05) is 11.3 Å². The van der Waals surface area contributed by atoms with Crippen LogP contribution in [0.15, 0.2) is 29.3 Å². The maximum Gasteiger partial charge on any atom is 0.178 e. The summed E-state index contributed by atoms with van der Waals surface area (Å²) in [6, 6.07) is 7.22. The summed E-state index contributed by atoms with van der Waals surface area (Å²) in [4.78, 5) is 4.56. The van der Waals surface area contributed by atoms with Gasteiger partial charge in [0.15, 0.2) is 6.23 Å². The lowest BCUT2D eigenvalue weighted by molar-refractivity contribution is -0.0272. The molecule has 2 rings (SSSR count). The Labute approximate surface area is 109 Å². The third-order valence-electron chi connectivity index (χ3n) is 3.45. The molecule has 3 nitrogen and oxygen atoms in total. The fraction of sp³-hybridized carbons (Fsp3) is 0.533. The molecule has 0 saturated heterocycles. The van der Waals surface area contributed by atoms with E-state index in [0.29, 0.717) is 5.92 Å². The Kier molecular flexibility index (Phi) is 3.44. The van der Waals surface area contributed by atoms with Crippen molar-refractivity contribution in [1.82, 2.24) is 0 Å². The molecule has 2 atom stereocenters. The highest BCUT2D eigenvalue weighted by molar-refractivity contribution is 5.91. The van der Waals surface area contributed by atoms with E-state index < -0.39 is 0 Å². The predicted octanol–water partition coefficient (Wildman–Crippen LogP) is 3.69. The van der Waals surface area contributed by atoms with Gasteiger partial charge in [-0.3, -0.25) is 4.99 Å². The number of phenolic OH excluding ortho intramolecular Hbond substituents is 1. The van der Waals surface area contributed by atoms with Crippen molar-refractivity contribution in [2.75, 3.05) is 0 Å². The molecule has 0 bridgehead atoms. The Morgan fingerprint density at radius 1 is 1.39 bits per heavy atom. The molecule has 0 aliphatic carbocycles. The van der Waals surface area contributed by atoms with Crippen LogP contribution < -0.4 is 0 Å². The number of nitrogens with zero attached hydrogens (tertiary/aromatic N) is 1. The first-order valence-corrected chi connectivity index (χ1v) is 6.43. The van der Waals surface area contributed by atoms with Crippen molar-refractivity contribution < 1.29 is 9.84 Å². The van der Waals surface area contributed by atoms with E-state index in [-0.39, 0.29) is 17.6 Å². The highest BCUT2D eigenvalue weighted by atomic mass is 16.5. The Hall–Kier alpha value is -1.35. The van der Waals surface area contributed by atoms with Gasteiger partial charge in [0.05, 0.1) is 0 Å². The first-order valence-electron chi connectivity index (χ1n) is 6.43. The number of phenols is 1. The van der Waals surface area contributed by atoms with Crippen LogP contribution in [0, 0.1) is 5.92 Å². The zero-order valence-corrected chi connectivity index (χ0v) is 11.5. The molecule has 0 saturated carbocycles. The summed E-state index contributed by atoms with van der Waals surface area (Å²) in [5.74, 6) is 0.788. The molecule has 1 heterocycles. The van der Waals surface area contributed by atoms with Crippen molar-refractivity contribution in [2.24, 2.45) is 10.9 Å². The monoisotopic (exact) mass is 247 g/mol. The van der Waals surface area contributed by atoms with E-state index in [1.807, 2.05) is 19.1 Å². The van der Waals surface area contributed by atoms with Gasteiger partial charge in [-0.2, -0.15) is 0 Å². The van der Waals surface area contributed by atoms with Crippen LogP contribution in [0.25, 0.3) is 0 Å². The van der Waals surface area contributed by atoms with Gasteiger partial charge in [-0.1, -0.05) is 32.0 Å². The second-order valence-corrected chi connectivity index (χ2v) is 5.57. The number of ether oxygens (including phenoxy) is 1. The zero-order chi connectivity index (χ0) is 13.3. The normalized spacial score (nSPS) is 27.6. The molecule has 18 heavy (non-hydrogen) atoms. The van der Waals surface area contributed by atoms with Crippen LogP contribution in [0.5, 0.6) is 5.75 Å². The number of hydrogen-bond donors (Lipinski definition) is 1. The molecule has 1 aromatic carbocycles. The fourth-order valence-electron chi connectivity index (χ4n) is 2.47. The summed E-state index contributed by atoms with van der Waals surface area (Å²) < 4.78 is 6.08. The average molecular weight is 247 g/mol. The Balaban J connectivity index is 2.24. The highest BCUT2D eigenvalue weighted by Gasteiger charge is 2.39. The first-order chi connectivity index (χ1) is 8.42. The van der Waals surface area contributed by atoms with E-state index in [9.17, 15) is 5.11 Å². The van der Waals surface area contributed by atoms with Crippen LogP contribution in [0.4, 0.5) is 0 Å². The van der Waals surface area contributed by atoms with Gasteiger partial charge in [0.1, 0.15) is 11.4 Å². The lowest BCUT2D eigenvalue weighted by atomic mass is 9.91. The van der Waals surface area contributed by atoms with E-state index in [1.165, 1.54) is 0 Å². The molecule has 0 radical (unpaired) electrons. The molecule has 1 aliphatic heterocycles. The molecule has 0 fully saturated rings. The van der Waals surface area contributed by atoms with Gasteiger partial charge < -0.3 is 9.84 Å². The number of aliphatic imine (C=N–C) groups is 1. The van der Waals surface area contributed by atoms with E-state index in [2.05, 4.69) is 25.8 Å². The molecule has 1 aliphatic rings. The number of aromatic hydroxyl groups is 1. The summed E-state index contributed by atoms with van der Waals surface area (Å²) >= 11 is 0. The van der Waals surface area contributed by atoms with Gasteiger partial charge in [-0.15, -0.1) is 0 Å². The highest BCUT2D eigenvalue weighted by Crippen LogP contribution is 2.39. The van der Waals surface area contributed by atoms with Gasteiger partial charge in [0.2, 0.25) is 0 Å². The fourth-order valence-corrected chi connectivity index (χ4v) is 2.47. The van der Waals surface area contributed by atoms with Crippen LogP contribution in [-0.4, -0.2) is 16.4 Å². The van der Waals surface area contributed by atoms with Crippen LogP contribution in [0.3, 0.4) is 0 Å². The molecule has 2 unspecified atom stereocenters. The van der Waals surface area contributed by atoms with E-state index in [0.717, 1.165) is 17.7 Å². The van der Waals surface area contributed by atoms with Crippen molar-refractivity contribution in [3.63, 3.8) is 0 Å². The molecule has 0 amide bonds. The van der Waals surface area contributed by atoms with Gasteiger partial charge >= 0.3 is 0 Å². The maximum absolute atomic E-state index is 9.86.